The maximum absolute atomic E-state index is 14.5. The molecule has 1 saturated carbocycles. The number of amides is 3. The number of carbonyl (C=O) groups excluding carboxylic acids is 3. The predicted molar refractivity (Wildman–Crippen MR) is 151 cm³/mol. The molecule has 3 N–H and O–H groups in total. The molecule has 2 aromatic carbocycles. The van der Waals surface area contributed by atoms with Crippen molar-refractivity contribution in [1.29, 1.82) is 0 Å². The van der Waals surface area contributed by atoms with E-state index in [9.17, 15) is 19.5 Å². The standard InChI is InChI=1S/C31H43N3O5/c1-18(2)32-28(36)27(24-11-9-10-19(3)21(24)5)34(26-16-20(26)4)29(37)25(33-30(38)39-31(6,7)8)17-22-12-14-23(35)15-13-22/h9-15,18,20,25-27,35H,16-17H2,1-8H3,(H,32,36)(H,33,38). The molecular formula is C31H43N3O5. The van der Waals surface area contributed by atoms with E-state index in [0.29, 0.717) is 0 Å². The van der Waals surface area contributed by atoms with Crippen molar-refractivity contribution in [3.63, 3.8) is 0 Å². The Hall–Kier alpha value is -3.55. The van der Waals surface area contributed by atoms with Gasteiger partial charge in [-0.25, -0.2) is 4.79 Å². The van der Waals surface area contributed by atoms with E-state index in [-0.39, 0.29) is 42.0 Å². The molecule has 8 heteroatoms. The number of carbonyl (C=O) groups is 3. The van der Waals surface area contributed by atoms with Crippen molar-refractivity contribution in [2.45, 2.75) is 98.0 Å². The number of benzene rings is 2. The van der Waals surface area contributed by atoms with Gasteiger partial charge in [-0.2, -0.15) is 0 Å². The maximum atomic E-state index is 14.5. The molecule has 1 fully saturated rings. The number of hydrogen-bond acceptors (Lipinski definition) is 5. The molecule has 212 valence electrons. The lowest BCUT2D eigenvalue weighted by Gasteiger charge is -2.36. The second-order valence-corrected chi connectivity index (χ2v) is 12.0. The smallest absolute Gasteiger partial charge is 0.408 e. The second-order valence-electron chi connectivity index (χ2n) is 12.0. The molecule has 4 unspecified atom stereocenters. The molecule has 0 radical (unpaired) electrons. The third-order valence-electron chi connectivity index (χ3n) is 6.94. The Morgan fingerprint density at radius 2 is 1.67 bits per heavy atom. The second kappa shape index (κ2) is 12.1. The van der Waals surface area contributed by atoms with Crippen LogP contribution in [0.25, 0.3) is 0 Å². The normalized spacial score (nSPS) is 18.2. The molecule has 0 bridgehead atoms. The number of ether oxygens (including phenoxy) is 1. The fourth-order valence-electron chi connectivity index (χ4n) is 4.72. The molecular weight excluding hydrogens is 494 g/mol. The largest absolute Gasteiger partial charge is 0.508 e. The Morgan fingerprint density at radius 3 is 2.21 bits per heavy atom. The Morgan fingerprint density at radius 1 is 1.05 bits per heavy atom. The zero-order valence-electron chi connectivity index (χ0n) is 24.4. The molecule has 1 aliphatic rings. The third kappa shape index (κ3) is 7.97. The van der Waals surface area contributed by atoms with Gasteiger partial charge >= 0.3 is 6.09 Å². The summed E-state index contributed by atoms with van der Waals surface area (Å²) < 4.78 is 5.49. The summed E-state index contributed by atoms with van der Waals surface area (Å²) in [5.41, 5.74) is 2.74. The van der Waals surface area contributed by atoms with E-state index in [2.05, 4.69) is 17.6 Å². The summed E-state index contributed by atoms with van der Waals surface area (Å²) in [6.45, 7) is 15.1. The highest BCUT2D eigenvalue weighted by Gasteiger charge is 2.48. The van der Waals surface area contributed by atoms with Crippen molar-refractivity contribution in [3.8, 4) is 5.75 Å². The molecule has 8 nitrogen and oxygen atoms in total. The molecule has 3 rings (SSSR count). The molecule has 0 aliphatic heterocycles. The number of rotatable bonds is 9. The van der Waals surface area contributed by atoms with Crippen LogP contribution >= 0.6 is 0 Å². The van der Waals surface area contributed by atoms with Crippen molar-refractivity contribution in [3.05, 3.63) is 64.7 Å². The van der Waals surface area contributed by atoms with Gasteiger partial charge in [0.2, 0.25) is 11.8 Å². The van der Waals surface area contributed by atoms with E-state index < -0.39 is 23.8 Å². The zero-order chi connectivity index (χ0) is 29.1. The van der Waals surface area contributed by atoms with E-state index in [1.54, 1.807) is 49.9 Å². The number of aryl methyl sites for hydroxylation is 1. The molecule has 0 aromatic heterocycles. The highest BCUT2D eigenvalue weighted by Crippen LogP contribution is 2.41. The van der Waals surface area contributed by atoms with Crippen LogP contribution in [0.1, 0.15) is 76.3 Å². The van der Waals surface area contributed by atoms with Crippen LogP contribution < -0.4 is 10.6 Å². The first-order valence-electron chi connectivity index (χ1n) is 13.6. The van der Waals surface area contributed by atoms with Gasteiger partial charge in [-0.05, 0) is 95.2 Å². The first-order chi connectivity index (χ1) is 18.2. The van der Waals surface area contributed by atoms with Crippen molar-refractivity contribution in [2.75, 3.05) is 0 Å². The zero-order valence-corrected chi connectivity index (χ0v) is 24.4. The Bertz CT molecular complexity index is 1190. The van der Waals surface area contributed by atoms with Gasteiger partial charge in [-0.15, -0.1) is 0 Å². The monoisotopic (exact) mass is 537 g/mol. The van der Waals surface area contributed by atoms with Crippen LogP contribution in [0.2, 0.25) is 0 Å². The van der Waals surface area contributed by atoms with E-state index in [1.165, 1.54) is 0 Å². The average Bonchev–Trinajstić information content (AvgIpc) is 3.54. The van der Waals surface area contributed by atoms with E-state index >= 15 is 0 Å². The lowest BCUT2D eigenvalue weighted by Crippen LogP contribution is -2.55. The molecule has 0 heterocycles. The van der Waals surface area contributed by atoms with Gasteiger partial charge in [0, 0.05) is 18.5 Å². The molecule has 0 saturated heterocycles. The van der Waals surface area contributed by atoms with Gasteiger partial charge in [0.05, 0.1) is 0 Å². The van der Waals surface area contributed by atoms with E-state index in [0.717, 1.165) is 28.7 Å². The van der Waals surface area contributed by atoms with Crippen LogP contribution in [0.15, 0.2) is 42.5 Å². The number of nitrogens with one attached hydrogen (secondary N) is 2. The lowest BCUT2D eigenvalue weighted by molar-refractivity contribution is -0.143. The first kappa shape index (κ1) is 30.0. The van der Waals surface area contributed by atoms with Crippen LogP contribution in [-0.2, 0) is 20.7 Å². The van der Waals surface area contributed by atoms with Gasteiger partial charge in [0.25, 0.3) is 0 Å². The van der Waals surface area contributed by atoms with Crippen molar-refractivity contribution in [1.82, 2.24) is 15.5 Å². The Balaban J connectivity index is 2.08. The number of nitrogens with zero attached hydrogens (tertiary/aromatic N) is 1. The predicted octanol–water partition coefficient (Wildman–Crippen LogP) is 4.95. The fraction of sp³-hybridized carbons (Fsp3) is 0.516. The van der Waals surface area contributed by atoms with Crippen molar-refractivity contribution in [2.24, 2.45) is 5.92 Å². The van der Waals surface area contributed by atoms with Crippen LogP contribution in [0.3, 0.4) is 0 Å². The SMILES string of the molecule is Cc1cccc(C(C(=O)NC(C)C)N(C(=O)C(Cc2ccc(O)cc2)NC(=O)OC(C)(C)C)C2CC2C)c1C. The lowest BCUT2D eigenvalue weighted by atomic mass is 9.94. The minimum Gasteiger partial charge on any atom is -0.508 e. The van der Waals surface area contributed by atoms with Crippen molar-refractivity contribution >= 4 is 17.9 Å². The highest BCUT2D eigenvalue weighted by atomic mass is 16.6. The highest BCUT2D eigenvalue weighted by molar-refractivity contribution is 5.93. The Labute approximate surface area is 232 Å². The molecule has 1 aliphatic carbocycles. The molecule has 2 aromatic rings. The quantitative estimate of drug-likeness (QED) is 0.420. The van der Waals surface area contributed by atoms with Gasteiger partial charge in [-0.3, -0.25) is 9.59 Å². The van der Waals surface area contributed by atoms with Gasteiger partial charge in [0.15, 0.2) is 0 Å². The molecule has 4 atom stereocenters. The summed E-state index contributed by atoms with van der Waals surface area (Å²) in [5.74, 6) is -0.292. The first-order valence-corrected chi connectivity index (χ1v) is 13.6. The van der Waals surface area contributed by atoms with Gasteiger partial charge < -0.3 is 25.4 Å². The van der Waals surface area contributed by atoms with Crippen LogP contribution in [-0.4, -0.2) is 51.6 Å². The maximum Gasteiger partial charge on any atom is 0.408 e. The molecule has 39 heavy (non-hydrogen) atoms. The number of hydrogen-bond donors (Lipinski definition) is 3. The summed E-state index contributed by atoms with van der Waals surface area (Å²) in [7, 11) is 0. The summed E-state index contributed by atoms with van der Waals surface area (Å²) in [6.07, 6.45) is 0.222. The molecule has 3 amide bonds. The van der Waals surface area contributed by atoms with Crippen molar-refractivity contribution < 1.29 is 24.2 Å². The van der Waals surface area contributed by atoms with Gasteiger partial charge in [-0.1, -0.05) is 37.3 Å². The summed E-state index contributed by atoms with van der Waals surface area (Å²) in [4.78, 5) is 42.8. The number of aromatic hydroxyl groups is 1. The number of phenols is 1. The van der Waals surface area contributed by atoms with Crippen LogP contribution in [0.5, 0.6) is 5.75 Å². The van der Waals surface area contributed by atoms with E-state index in [1.807, 2.05) is 45.9 Å². The minimum atomic E-state index is -0.989. The summed E-state index contributed by atoms with van der Waals surface area (Å²) in [6, 6.07) is 10.2. The fourth-order valence-corrected chi connectivity index (χ4v) is 4.72. The topological polar surface area (TPSA) is 108 Å². The number of alkyl carbamates (subject to hydrolysis) is 1. The van der Waals surface area contributed by atoms with E-state index in [4.69, 9.17) is 4.74 Å². The van der Waals surface area contributed by atoms with Crippen LogP contribution in [0, 0.1) is 19.8 Å². The third-order valence-corrected chi connectivity index (χ3v) is 6.94. The Kier molecular flexibility index (Phi) is 9.30. The molecule has 0 spiro atoms. The summed E-state index contributed by atoms with van der Waals surface area (Å²) >= 11 is 0. The van der Waals surface area contributed by atoms with Gasteiger partial charge in [0.1, 0.15) is 23.4 Å². The number of phenolic OH excluding ortho intramolecular Hbond substituents is 1. The summed E-state index contributed by atoms with van der Waals surface area (Å²) in [5, 5.41) is 15.5. The average molecular weight is 538 g/mol. The van der Waals surface area contributed by atoms with Crippen LogP contribution in [0.4, 0.5) is 4.79 Å². The minimum absolute atomic E-state index is 0.107.